The number of hydrogen-bond acceptors (Lipinski definition) is 2. The molecule has 0 aromatic heterocycles. The first-order chi connectivity index (χ1) is 6.04. The van der Waals surface area contributed by atoms with Crippen LogP contribution in [0.5, 0.6) is 0 Å². The van der Waals surface area contributed by atoms with E-state index in [2.05, 4.69) is 19.0 Å². The Balaban J connectivity index is 2.62. The molecular weight excluding hydrogens is 164 g/mol. The highest BCUT2D eigenvalue weighted by Crippen LogP contribution is 2.26. The Labute approximate surface area is 80.7 Å². The van der Waals surface area contributed by atoms with Gasteiger partial charge in [0.05, 0.1) is 0 Å². The topological polar surface area (TPSA) is 23.6 Å². The van der Waals surface area contributed by atoms with Crippen LogP contribution in [0.15, 0.2) is 0 Å². The molecule has 1 saturated carbocycles. The second-order valence-electron chi connectivity index (χ2n) is 4.16. The minimum Gasteiger partial charge on any atom is -0.341 e. The van der Waals surface area contributed by atoms with Gasteiger partial charge in [-0.3, -0.25) is 4.79 Å². The largest absolute Gasteiger partial charge is 0.341 e. The standard InChI is InChI=1S/C10H20N2O/c1-8(13)12(4)10-7-5-6-9(10)11(2)3/h9-10H,5-7H2,1-4H3/t9-,10-/m0/s1. The van der Waals surface area contributed by atoms with Crippen LogP contribution >= 0.6 is 0 Å². The lowest BCUT2D eigenvalue weighted by Gasteiger charge is -2.32. The van der Waals surface area contributed by atoms with E-state index in [1.54, 1.807) is 6.92 Å². The van der Waals surface area contributed by atoms with E-state index >= 15 is 0 Å². The van der Waals surface area contributed by atoms with Gasteiger partial charge in [0.1, 0.15) is 0 Å². The van der Waals surface area contributed by atoms with Crippen LogP contribution in [0.2, 0.25) is 0 Å². The van der Waals surface area contributed by atoms with Gasteiger partial charge in [0.15, 0.2) is 0 Å². The van der Waals surface area contributed by atoms with Crippen molar-refractivity contribution in [2.45, 2.75) is 38.3 Å². The lowest BCUT2D eigenvalue weighted by molar-refractivity contribution is -0.130. The zero-order valence-electron chi connectivity index (χ0n) is 9.08. The summed E-state index contributed by atoms with van der Waals surface area (Å²) in [5.74, 6) is 0.179. The van der Waals surface area contributed by atoms with Crippen LogP contribution in [0.25, 0.3) is 0 Å². The van der Waals surface area contributed by atoms with E-state index in [1.807, 2.05) is 11.9 Å². The van der Waals surface area contributed by atoms with Gasteiger partial charge in [-0.1, -0.05) is 0 Å². The Kier molecular flexibility index (Phi) is 3.31. The molecule has 3 nitrogen and oxygen atoms in total. The van der Waals surface area contributed by atoms with Crippen LogP contribution in [0, 0.1) is 0 Å². The summed E-state index contributed by atoms with van der Waals surface area (Å²) >= 11 is 0. The predicted octanol–water partition coefficient (Wildman–Crippen LogP) is 0.947. The number of rotatable bonds is 2. The van der Waals surface area contributed by atoms with E-state index in [1.165, 1.54) is 12.8 Å². The van der Waals surface area contributed by atoms with Gasteiger partial charge in [-0.05, 0) is 33.4 Å². The van der Waals surface area contributed by atoms with Gasteiger partial charge in [-0.25, -0.2) is 0 Å². The van der Waals surface area contributed by atoms with E-state index in [0.717, 1.165) is 6.42 Å². The second kappa shape index (κ2) is 4.09. The highest BCUT2D eigenvalue weighted by Gasteiger charge is 2.32. The molecule has 13 heavy (non-hydrogen) atoms. The van der Waals surface area contributed by atoms with Gasteiger partial charge in [0.25, 0.3) is 0 Å². The lowest BCUT2D eigenvalue weighted by atomic mass is 10.1. The van der Waals surface area contributed by atoms with E-state index in [0.29, 0.717) is 12.1 Å². The maximum Gasteiger partial charge on any atom is 0.219 e. The summed E-state index contributed by atoms with van der Waals surface area (Å²) < 4.78 is 0. The minimum atomic E-state index is 0.179. The van der Waals surface area contributed by atoms with E-state index in [-0.39, 0.29) is 5.91 Å². The summed E-state index contributed by atoms with van der Waals surface area (Å²) in [6, 6.07) is 0.974. The van der Waals surface area contributed by atoms with Crippen molar-refractivity contribution >= 4 is 5.91 Å². The third-order valence-corrected chi connectivity index (χ3v) is 3.10. The number of amides is 1. The summed E-state index contributed by atoms with van der Waals surface area (Å²) in [6.45, 7) is 1.64. The Hall–Kier alpha value is -0.570. The average molecular weight is 184 g/mol. The van der Waals surface area contributed by atoms with E-state index < -0.39 is 0 Å². The Morgan fingerprint density at radius 2 is 1.69 bits per heavy atom. The van der Waals surface area contributed by atoms with Crippen molar-refractivity contribution in [3.05, 3.63) is 0 Å². The summed E-state index contributed by atoms with van der Waals surface area (Å²) in [6.07, 6.45) is 3.61. The number of likely N-dealkylation sites (N-methyl/N-ethyl adjacent to an activating group) is 2. The molecular formula is C10H20N2O. The van der Waals surface area contributed by atoms with Crippen LogP contribution in [-0.2, 0) is 4.79 Å². The number of hydrogen-bond donors (Lipinski definition) is 0. The summed E-state index contributed by atoms with van der Waals surface area (Å²) in [7, 11) is 6.10. The summed E-state index contributed by atoms with van der Waals surface area (Å²) in [4.78, 5) is 15.3. The average Bonchev–Trinajstić information content (AvgIpc) is 2.50. The van der Waals surface area contributed by atoms with Gasteiger partial charge < -0.3 is 9.80 Å². The number of nitrogens with zero attached hydrogens (tertiary/aromatic N) is 2. The smallest absolute Gasteiger partial charge is 0.219 e. The first-order valence-electron chi connectivity index (χ1n) is 4.94. The van der Waals surface area contributed by atoms with Crippen molar-refractivity contribution in [2.24, 2.45) is 0 Å². The Morgan fingerprint density at radius 3 is 2.15 bits per heavy atom. The molecule has 0 radical (unpaired) electrons. The zero-order valence-corrected chi connectivity index (χ0v) is 9.08. The SMILES string of the molecule is CC(=O)N(C)[C@H]1CCC[C@@H]1N(C)C. The number of carbonyl (C=O) groups is 1. The van der Waals surface area contributed by atoms with Crippen LogP contribution in [0.1, 0.15) is 26.2 Å². The normalized spacial score (nSPS) is 28.1. The molecule has 1 aliphatic carbocycles. The highest BCUT2D eigenvalue weighted by molar-refractivity contribution is 5.73. The highest BCUT2D eigenvalue weighted by atomic mass is 16.2. The van der Waals surface area contributed by atoms with Crippen LogP contribution in [0.3, 0.4) is 0 Å². The third kappa shape index (κ3) is 2.21. The van der Waals surface area contributed by atoms with E-state index in [4.69, 9.17) is 0 Å². The molecule has 0 bridgehead atoms. The maximum atomic E-state index is 11.2. The fourth-order valence-electron chi connectivity index (χ4n) is 2.21. The molecule has 1 fully saturated rings. The van der Waals surface area contributed by atoms with Gasteiger partial charge in [0, 0.05) is 26.1 Å². The molecule has 0 unspecified atom stereocenters. The van der Waals surface area contributed by atoms with Crippen molar-refractivity contribution in [1.29, 1.82) is 0 Å². The predicted molar refractivity (Wildman–Crippen MR) is 53.6 cm³/mol. The van der Waals surface area contributed by atoms with Crippen LogP contribution < -0.4 is 0 Å². The molecule has 1 aliphatic rings. The molecule has 76 valence electrons. The van der Waals surface area contributed by atoms with Crippen LogP contribution in [-0.4, -0.2) is 48.9 Å². The first kappa shape index (κ1) is 10.5. The summed E-state index contributed by atoms with van der Waals surface area (Å²) in [5.41, 5.74) is 0. The van der Waals surface area contributed by atoms with Crippen molar-refractivity contribution in [2.75, 3.05) is 21.1 Å². The van der Waals surface area contributed by atoms with Gasteiger partial charge in [-0.15, -0.1) is 0 Å². The fourth-order valence-corrected chi connectivity index (χ4v) is 2.21. The monoisotopic (exact) mass is 184 g/mol. The fraction of sp³-hybridized carbons (Fsp3) is 0.900. The zero-order chi connectivity index (χ0) is 10.0. The lowest BCUT2D eigenvalue weighted by Crippen LogP contribution is -2.46. The molecule has 0 N–H and O–H groups in total. The van der Waals surface area contributed by atoms with Crippen molar-refractivity contribution < 1.29 is 4.79 Å². The van der Waals surface area contributed by atoms with Crippen molar-refractivity contribution in [1.82, 2.24) is 9.80 Å². The first-order valence-corrected chi connectivity index (χ1v) is 4.94. The molecule has 3 heteroatoms. The van der Waals surface area contributed by atoms with Gasteiger partial charge in [0.2, 0.25) is 5.91 Å². The van der Waals surface area contributed by atoms with Crippen molar-refractivity contribution in [3.8, 4) is 0 Å². The third-order valence-electron chi connectivity index (χ3n) is 3.10. The molecule has 0 aromatic carbocycles. The Morgan fingerprint density at radius 1 is 1.15 bits per heavy atom. The van der Waals surface area contributed by atoms with E-state index in [9.17, 15) is 4.79 Å². The molecule has 0 heterocycles. The quantitative estimate of drug-likeness (QED) is 0.638. The number of carbonyl (C=O) groups excluding carboxylic acids is 1. The Bertz CT molecular complexity index is 191. The van der Waals surface area contributed by atoms with Gasteiger partial charge in [-0.2, -0.15) is 0 Å². The maximum absolute atomic E-state index is 11.2. The molecule has 0 aliphatic heterocycles. The summed E-state index contributed by atoms with van der Waals surface area (Å²) in [5, 5.41) is 0. The van der Waals surface area contributed by atoms with Crippen molar-refractivity contribution in [3.63, 3.8) is 0 Å². The molecule has 0 saturated heterocycles. The second-order valence-corrected chi connectivity index (χ2v) is 4.16. The molecule has 1 rings (SSSR count). The molecule has 1 amide bonds. The minimum absolute atomic E-state index is 0.179. The van der Waals surface area contributed by atoms with Crippen LogP contribution in [0.4, 0.5) is 0 Å². The molecule has 2 atom stereocenters. The molecule has 0 spiro atoms. The van der Waals surface area contributed by atoms with Gasteiger partial charge >= 0.3 is 0 Å². The molecule has 0 aromatic rings.